The van der Waals surface area contributed by atoms with Crippen molar-refractivity contribution in [1.82, 2.24) is 14.1 Å². The Balaban J connectivity index is 2.03. The molecule has 0 aliphatic carbocycles. The van der Waals surface area contributed by atoms with Gasteiger partial charge >= 0.3 is 0 Å². The lowest BCUT2D eigenvalue weighted by molar-refractivity contribution is 0.102. The first-order chi connectivity index (χ1) is 13.7. The maximum Gasteiger partial charge on any atom is 0.295 e. The van der Waals surface area contributed by atoms with Crippen molar-refractivity contribution in [2.24, 2.45) is 7.05 Å². The normalized spacial score (nSPS) is 11.4. The van der Waals surface area contributed by atoms with Gasteiger partial charge in [0, 0.05) is 7.05 Å². The third-order valence-corrected chi connectivity index (χ3v) is 6.30. The zero-order valence-corrected chi connectivity index (χ0v) is 17.5. The van der Waals surface area contributed by atoms with Gasteiger partial charge < -0.3 is 5.32 Å². The maximum absolute atomic E-state index is 12.9. The van der Waals surface area contributed by atoms with Crippen molar-refractivity contribution in [1.29, 1.82) is 0 Å². The number of anilines is 1. The van der Waals surface area contributed by atoms with Crippen LogP contribution in [0.4, 0.5) is 5.69 Å². The van der Waals surface area contributed by atoms with Crippen LogP contribution in [-0.2, 0) is 17.1 Å². The van der Waals surface area contributed by atoms with Crippen LogP contribution in [0.5, 0.6) is 0 Å². The Bertz CT molecular complexity index is 1250. The zero-order chi connectivity index (χ0) is 21.3. The van der Waals surface area contributed by atoms with E-state index in [9.17, 15) is 18.0 Å². The molecule has 3 aromatic rings. The van der Waals surface area contributed by atoms with Crippen LogP contribution in [-0.4, -0.2) is 30.7 Å². The Morgan fingerprint density at radius 2 is 1.76 bits per heavy atom. The van der Waals surface area contributed by atoms with E-state index in [0.29, 0.717) is 11.4 Å². The van der Waals surface area contributed by atoms with Crippen LogP contribution < -0.4 is 15.6 Å². The number of halogens is 1. The molecule has 8 nitrogen and oxygen atoms in total. The quantitative estimate of drug-likeness (QED) is 0.643. The number of nitrogens with zero attached hydrogens (tertiary/aromatic N) is 2. The van der Waals surface area contributed by atoms with Gasteiger partial charge in [-0.05, 0) is 44.3 Å². The highest BCUT2D eigenvalue weighted by atomic mass is 35.5. The molecule has 2 N–H and O–H groups in total. The first-order valence-corrected chi connectivity index (χ1v) is 10.4. The molecule has 1 amide bonds. The smallest absolute Gasteiger partial charge is 0.295 e. The SMILES string of the molecule is CNS(=O)(=O)c1ccc(Cl)c(C(=O)Nc2c(C)n(C)n(-c3ccccc3)c2=O)c1. The second-order valence-corrected chi connectivity index (χ2v) is 8.53. The van der Waals surface area contributed by atoms with Crippen LogP contribution >= 0.6 is 11.6 Å². The molecule has 0 unspecified atom stereocenters. The van der Waals surface area contributed by atoms with E-state index in [2.05, 4.69) is 10.0 Å². The monoisotopic (exact) mass is 434 g/mol. The predicted molar refractivity (Wildman–Crippen MR) is 111 cm³/mol. The molecule has 0 bridgehead atoms. The number of nitrogens with one attached hydrogen (secondary N) is 2. The van der Waals surface area contributed by atoms with E-state index in [1.165, 1.54) is 23.9 Å². The van der Waals surface area contributed by atoms with E-state index in [0.717, 1.165) is 6.07 Å². The minimum absolute atomic E-state index is 0.0584. The molecule has 0 fully saturated rings. The van der Waals surface area contributed by atoms with Crippen LogP contribution in [0, 0.1) is 6.92 Å². The second-order valence-electron chi connectivity index (χ2n) is 6.24. The van der Waals surface area contributed by atoms with E-state index in [1.54, 1.807) is 42.9 Å². The number of carbonyl (C=O) groups excluding carboxylic acids is 1. The summed E-state index contributed by atoms with van der Waals surface area (Å²) in [5, 5.41) is 2.63. The van der Waals surface area contributed by atoms with Gasteiger partial charge in [0.2, 0.25) is 10.0 Å². The molecule has 3 rings (SSSR count). The topological polar surface area (TPSA) is 102 Å². The molecular weight excluding hydrogens is 416 g/mol. The van der Waals surface area contributed by atoms with E-state index in [1.807, 2.05) is 6.07 Å². The molecule has 1 aromatic heterocycles. The number of amides is 1. The number of rotatable bonds is 5. The molecule has 0 spiro atoms. The number of hydrogen-bond donors (Lipinski definition) is 2. The summed E-state index contributed by atoms with van der Waals surface area (Å²) in [4.78, 5) is 25.6. The predicted octanol–water partition coefficient (Wildman–Crippen LogP) is 2.30. The molecule has 0 saturated carbocycles. The Hall–Kier alpha value is -2.88. The highest BCUT2D eigenvalue weighted by molar-refractivity contribution is 7.89. The number of carbonyl (C=O) groups is 1. The van der Waals surface area contributed by atoms with Crippen LogP contribution in [0.2, 0.25) is 5.02 Å². The fraction of sp³-hybridized carbons (Fsp3) is 0.158. The summed E-state index contributed by atoms with van der Waals surface area (Å²) in [6.45, 7) is 1.69. The van der Waals surface area contributed by atoms with Crippen molar-refractivity contribution in [3.8, 4) is 5.69 Å². The van der Waals surface area contributed by atoms with E-state index in [4.69, 9.17) is 11.6 Å². The summed E-state index contributed by atoms with van der Waals surface area (Å²) >= 11 is 6.10. The summed E-state index contributed by atoms with van der Waals surface area (Å²) in [5.74, 6) is -0.686. The third-order valence-electron chi connectivity index (χ3n) is 4.55. The van der Waals surface area contributed by atoms with Gasteiger partial charge in [-0.3, -0.25) is 14.3 Å². The highest BCUT2D eigenvalue weighted by Gasteiger charge is 2.22. The van der Waals surface area contributed by atoms with Gasteiger partial charge in [0.05, 0.1) is 26.9 Å². The summed E-state index contributed by atoms with van der Waals surface area (Å²) < 4.78 is 29.3. The number of hydrogen-bond acceptors (Lipinski definition) is 4. The lowest BCUT2D eigenvalue weighted by Gasteiger charge is -2.08. The third kappa shape index (κ3) is 3.84. The number of para-hydroxylation sites is 1. The Kier molecular flexibility index (Phi) is 5.65. The van der Waals surface area contributed by atoms with E-state index < -0.39 is 21.5 Å². The molecule has 0 atom stereocenters. The number of aromatic nitrogens is 2. The van der Waals surface area contributed by atoms with E-state index >= 15 is 0 Å². The molecule has 152 valence electrons. The van der Waals surface area contributed by atoms with Gasteiger partial charge in [-0.15, -0.1) is 0 Å². The summed E-state index contributed by atoms with van der Waals surface area (Å²) in [6.07, 6.45) is 0. The van der Waals surface area contributed by atoms with Crippen LogP contribution in [0.15, 0.2) is 58.2 Å². The minimum Gasteiger partial charge on any atom is -0.316 e. The molecule has 2 aromatic carbocycles. The van der Waals surface area contributed by atoms with Crippen molar-refractivity contribution in [3.05, 3.63) is 75.2 Å². The van der Waals surface area contributed by atoms with Crippen molar-refractivity contribution in [2.75, 3.05) is 12.4 Å². The lowest BCUT2D eigenvalue weighted by atomic mass is 10.2. The Labute approximate surface area is 172 Å². The number of sulfonamides is 1. The van der Waals surface area contributed by atoms with Gasteiger partial charge in [-0.1, -0.05) is 29.8 Å². The fourth-order valence-electron chi connectivity index (χ4n) is 2.86. The van der Waals surface area contributed by atoms with Gasteiger partial charge in [-0.2, -0.15) is 0 Å². The molecular formula is C19H19ClN4O4S. The summed E-state index contributed by atoms with van der Waals surface area (Å²) in [5.41, 5.74) is 0.780. The fourth-order valence-corrected chi connectivity index (χ4v) is 3.82. The van der Waals surface area contributed by atoms with Crippen LogP contribution in [0.25, 0.3) is 5.69 Å². The lowest BCUT2D eigenvalue weighted by Crippen LogP contribution is -2.23. The molecule has 1 heterocycles. The molecule has 10 heteroatoms. The van der Waals surface area contributed by atoms with Crippen LogP contribution in [0.3, 0.4) is 0 Å². The van der Waals surface area contributed by atoms with Gasteiger partial charge in [0.25, 0.3) is 11.5 Å². The van der Waals surface area contributed by atoms with Crippen molar-refractivity contribution >= 4 is 33.2 Å². The Morgan fingerprint density at radius 3 is 2.38 bits per heavy atom. The molecule has 0 saturated heterocycles. The molecule has 0 aliphatic heterocycles. The molecule has 29 heavy (non-hydrogen) atoms. The highest BCUT2D eigenvalue weighted by Crippen LogP contribution is 2.22. The summed E-state index contributed by atoms with van der Waals surface area (Å²) in [6, 6.07) is 12.8. The van der Waals surface area contributed by atoms with Crippen molar-refractivity contribution in [2.45, 2.75) is 11.8 Å². The standard InChI is InChI=1S/C19H19ClN4O4S/c1-12-17(19(26)24(23(12)3)13-7-5-4-6-8-13)22-18(25)15-11-14(9-10-16(15)20)29(27,28)21-2/h4-11,21H,1-3H3,(H,22,25). The zero-order valence-electron chi connectivity index (χ0n) is 15.9. The summed E-state index contributed by atoms with van der Waals surface area (Å²) in [7, 11) is -0.790. The second kappa shape index (κ2) is 7.86. The number of benzene rings is 2. The minimum atomic E-state index is -3.76. The first kappa shape index (κ1) is 20.8. The van der Waals surface area contributed by atoms with Gasteiger partial charge in [-0.25, -0.2) is 17.8 Å². The van der Waals surface area contributed by atoms with Crippen molar-refractivity contribution in [3.63, 3.8) is 0 Å². The van der Waals surface area contributed by atoms with Crippen molar-refractivity contribution < 1.29 is 13.2 Å². The average Bonchev–Trinajstić information content (AvgIpc) is 2.92. The van der Waals surface area contributed by atoms with Gasteiger partial charge in [0.1, 0.15) is 5.69 Å². The first-order valence-electron chi connectivity index (χ1n) is 8.56. The average molecular weight is 435 g/mol. The molecule has 0 radical (unpaired) electrons. The Morgan fingerprint density at radius 1 is 1.10 bits per heavy atom. The van der Waals surface area contributed by atoms with E-state index in [-0.39, 0.29) is 21.2 Å². The maximum atomic E-state index is 12.9. The van der Waals surface area contributed by atoms with Crippen LogP contribution in [0.1, 0.15) is 16.1 Å². The van der Waals surface area contributed by atoms with Gasteiger partial charge in [0.15, 0.2) is 0 Å². The largest absolute Gasteiger partial charge is 0.316 e. The molecule has 0 aliphatic rings.